The standard InChI is InChI=1S/C13H29NO4/c1-4-17-7-8-18-10-12(16)9-14-13(5-6-15)11(2)3/h11-16H,4-10H2,1-3H3. The smallest absolute Gasteiger partial charge is 0.0897 e. The Bertz CT molecular complexity index is 178. The van der Waals surface area contributed by atoms with Crippen molar-refractivity contribution in [3.63, 3.8) is 0 Å². The normalized spacial score (nSPS) is 15.0. The molecule has 0 aromatic carbocycles. The molecule has 0 saturated heterocycles. The van der Waals surface area contributed by atoms with Gasteiger partial charge in [-0.05, 0) is 19.3 Å². The van der Waals surface area contributed by atoms with Crippen LogP contribution in [0.15, 0.2) is 0 Å². The molecule has 5 heteroatoms. The maximum Gasteiger partial charge on any atom is 0.0897 e. The van der Waals surface area contributed by atoms with Gasteiger partial charge in [0.1, 0.15) is 0 Å². The van der Waals surface area contributed by atoms with Gasteiger partial charge in [0.15, 0.2) is 0 Å². The Morgan fingerprint density at radius 2 is 1.83 bits per heavy atom. The van der Waals surface area contributed by atoms with E-state index in [2.05, 4.69) is 19.2 Å². The van der Waals surface area contributed by atoms with Crippen molar-refractivity contribution >= 4 is 0 Å². The van der Waals surface area contributed by atoms with Crippen LogP contribution in [0.5, 0.6) is 0 Å². The van der Waals surface area contributed by atoms with Gasteiger partial charge in [0.05, 0.1) is 25.9 Å². The average molecular weight is 263 g/mol. The minimum atomic E-state index is -0.522. The fourth-order valence-electron chi connectivity index (χ4n) is 1.64. The Morgan fingerprint density at radius 1 is 1.17 bits per heavy atom. The van der Waals surface area contributed by atoms with Gasteiger partial charge < -0.3 is 25.0 Å². The molecule has 2 atom stereocenters. The first-order chi connectivity index (χ1) is 8.61. The Labute approximate surface area is 110 Å². The highest BCUT2D eigenvalue weighted by Crippen LogP contribution is 2.05. The summed E-state index contributed by atoms with van der Waals surface area (Å²) in [6.07, 6.45) is 0.182. The molecule has 18 heavy (non-hydrogen) atoms. The summed E-state index contributed by atoms with van der Waals surface area (Å²) in [5, 5.41) is 21.9. The molecule has 0 aromatic heterocycles. The molecular formula is C13H29NO4. The van der Waals surface area contributed by atoms with E-state index >= 15 is 0 Å². The van der Waals surface area contributed by atoms with Gasteiger partial charge in [0, 0.05) is 25.8 Å². The molecule has 0 heterocycles. The van der Waals surface area contributed by atoms with E-state index < -0.39 is 6.10 Å². The van der Waals surface area contributed by atoms with Crippen molar-refractivity contribution in [3.8, 4) is 0 Å². The van der Waals surface area contributed by atoms with Gasteiger partial charge in [-0.3, -0.25) is 0 Å². The zero-order valence-corrected chi connectivity index (χ0v) is 11.9. The van der Waals surface area contributed by atoms with Crippen molar-refractivity contribution in [2.45, 2.75) is 39.3 Å². The highest BCUT2D eigenvalue weighted by molar-refractivity contribution is 4.72. The van der Waals surface area contributed by atoms with Crippen molar-refractivity contribution in [2.24, 2.45) is 5.92 Å². The van der Waals surface area contributed by atoms with Gasteiger partial charge in [0.25, 0.3) is 0 Å². The second kappa shape index (κ2) is 11.9. The van der Waals surface area contributed by atoms with Crippen LogP contribution >= 0.6 is 0 Å². The molecule has 5 nitrogen and oxygen atoms in total. The molecule has 0 radical (unpaired) electrons. The molecule has 0 aliphatic rings. The second-order valence-corrected chi connectivity index (χ2v) is 4.70. The lowest BCUT2D eigenvalue weighted by molar-refractivity contribution is 0.00503. The van der Waals surface area contributed by atoms with E-state index in [0.717, 1.165) is 0 Å². The lowest BCUT2D eigenvalue weighted by Gasteiger charge is -2.23. The summed E-state index contributed by atoms with van der Waals surface area (Å²) in [5.74, 6) is 0.434. The molecule has 110 valence electrons. The third kappa shape index (κ3) is 9.79. The first kappa shape index (κ1) is 17.8. The zero-order chi connectivity index (χ0) is 13.8. The lowest BCUT2D eigenvalue weighted by atomic mass is 10.0. The third-order valence-corrected chi connectivity index (χ3v) is 2.75. The molecule has 0 rings (SSSR count). The molecule has 0 saturated carbocycles. The van der Waals surface area contributed by atoms with Crippen LogP contribution in [0.3, 0.4) is 0 Å². The van der Waals surface area contributed by atoms with Crippen LogP contribution in [-0.2, 0) is 9.47 Å². The Kier molecular flexibility index (Phi) is 11.7. The number of nitrogens with one attached hydrogen (secondary N) is 1. The topological polar surface area (TPSA) is 71.0 Å². The highest BCUT2D eigenvalue weighted by Gasteiger charge is 2.14. The number of hydrogen-bond acceptors (Lipinski definition) is 5. The molecule has 0 bridgehead atoms. The summed E-state index contributed by atoms with van der Waals surface area (Å²) in [7, 11) is 0. The molecule has 0 fully saturated rings. The van der Waals surface area contributed by atoms with Gasteiger partial charge >= 0.3 is 0 Å². The summed E-state index contributed by atoms with van der Waals surface area (Å²) < 4.78 is 10.4. The monoisotopic (exact) mass is 263 g/mol. The highest BCUT2D eigenvalue weighted by atomic mass is 16.5. The maximum atomic E-state index is 9.71. The molecule has 0 aliphatic carbocycles. The largest absolute Gasteiger partial charge is 0.396 e. The molecule has 0 aromatic rings. The summed E-state index contributed by atoms with van der Waals surface area (Å²) in [6.45, 7) is 8.84. The van der Waals surface area contributed by atoms with Crippen LogP contribution in [0, 0.1) is 5.92 Å². The van der Waals surface area contributed by atoms with Crippen LogP contribution in [0.2, 0.25) is 0 Å². The van der Waals surface area contributed by atoms with Crippen molar-refractivity contribution in [2.75, 3.05) is 39.6 Å². The fraction of sp³-hybridized carbons (Fsp3) is 1.00. The molecule has 3 N–H and O–H groups in total. The molecular weight excluding hydrogens is 234 g/mol. The summed E-state index contributed by atoms with van der Waals surface area (Å²) in [6, 6.07) is 0.230. The Balaban J connectivity index is 3.57. The van der Waals surface area contributed by atoms with E-state index in [-0.39, 0.29) is 12.6 Å². The number of ether oxygens (including phenoxy) is 2. The Hall–Kier alpha value is -0.200. The number of aliphatic hydroxyl groups excluding tert-OH is 2. The van der Waals surface area contributed by atoms with Crippen molar-refractivity contribution in [1.29, 1.82) is 0 Å². The molecule has 2 unspecified atom stereocenters. The first-order valence-corrected chi connectivity index (χ1v) is 6.79. The number of hydrogen-bond donors (Lipinski definition) is 3. The van der Waals surface area contributed by atoms with Gasteiger partial charge in [0.2, 0.25) is 0 Å². The van der Waals surface area contributed by atoms with E-state index in [1.807, 2.05) is 6.92 Å². The molecule has 0 aliphatic heterocycles. The van der Waals surface area contributed by atoms with Crippen LogP contribution < -0.4 is 5.32 Å². The zero-order valence-electron chi connectivity index (χ0n) is 11.9. The predicted octanol–water partition coefficient (Wildman–Crippen LogP) is 0.397. The second-order valence-electron chi connectivity index (χ2n) is 4.70. The first-order valence-electron chi connectivity index (χ1n) is 6.79. The number of rotatable bonds is 12. The van der Waals surface area contributed by atoms with E-state index in [4.69, 9.17) is 14.6 Å². The summed E-state index contributed by atoms with van der Waals surface area (Å²) >= 11 is 0. The molecule has 0 spiro atoms. The molecule has 0 amide bonds. The van der Waals surface area contributed by atoms with Gasteiger partial charge in [-0.15, -0.1) is 0 Å². The van der Waals surface area contributed by atoms with Crippen LogP contribution in [0.4, 0.5) is 0 Å². The fourth-order valence-corrected chi connectivity index (χ4v) is 1.64. The SMILES string of the molecule is CCOCCOCC(O)CNC(CCO)C(C)C. The van der Waals surface area contributed by atoms with Crippen molar-refractivity contribution in [1.82, 2.24) is 5.32 Å². The van der Waals surface area contributed by atoms with Crippen LogP contribution in [0.25, 0.3) is 0 Å². The van der Waals surface area contributed by atoms with E-state index in [1.54, 1.807) is 0 Å². The minimum absolute atomic E-state index is 0.163. The maximum absolute atomic E-state index is 9.71. The van der Waals surface area contributed by atoms with Gasteiger partial charge in [-0.25, -0.2) is 0 Å². The van der Waals surface area contributed by atoms with Crippen molar-refractivity contribution in [3.05, 3.63) is 0 Å². The van der Waals surface area contributed by atoms with E-state index in [1.165, 1.54) is 0 Å². The summed E-state index contributed by atoms with van der Waals surface area (Å²) in [5.41, 5.74) is 0. The van der Waals surface area contributed by atoms with Gasteiger partial charge in [-0.2, -0.15) is 0 Å². The lowest BCUT2D eigenvalue weighted by Crippen LogP contribution is -2.40. The van der Waals surface area contributed by atoms with E-state index in [9.17, 15) is 5.11 Å². The predicted molar refractivity (Wildman–Crippen MR) is 71.7 cm³/mol. The summed E-state index contributed by atoms with van der Waals surface area (Å²) in [4.78, 5) is 0. The average Bonchev–Trinajstić information content (AvgIpc) is 2.33. The minimum Gasteiger partial charge on any atom is -0.396 e. The van der Waals surface area contributed by atoms with E-state index in [0.29, 0.717) is 45.3 Å². The van der Waals surface area contributed by atoms with Crippen molar-refractivity contribution < 1.29 is 19.7 Å². The van der Waals surface area contributed by atoms with Gasteiger partial charge in [-0.1, -0.05) is 13.8 Å². The van der Waals surface area contributed by atoms with Crippen LogP contribution in [0.1, 0.15) is 27.2 Å². The third-order valence-electron chi connectivity index (χ3n) is 2.75. The number of aliphatic hydroxyl groups is 2. The van der Waals surface area contributed by atoms with Crippen LogP contribution in [-0.4, -0.2) is 61.9 Å². The Morgan fingerprint density at radius 3 is 2.39 bits per heavy atom. The quantitative estimate of drug-likeness (QED) is 0.445.